The number of carbonyl (C=O) groups excluding carboxylic acids is 2. The molecule has 0 saturated heterocycles. The minimum Gasteiger partial charge on any atom is -0.362 e. The Labute approximate surface area is 166 Å². The van der Waals surface area contributed by atoms with Crippen LogP contribution in [0, 0.1) is 0 Å². The fraction of sp³-hybridized carbons (Fsp3) is 0.333. The highest BCUT2D eigenvalue weighted by molar-refractivity contribution is 6.05. The zero-order valence-electron chi connectivity index (χ0n) is 15.6. The number of halogens is 3. The fourth-order valence-corrected chi connectivity index (χ4v) is 4.01. The Kier molecular flexibility index (Phi) is 4.94. The van der Waals surface area contributed by atoms with Crippen LogP contribution in [0.2, 0.25) is 0 Å². The van der Waals surface area contributed by atoms with Gasteiger partial charge in [-0.05, 0) is 36.6 Å². The van der Waals surface area contributed by atoms with Crippen LogP contribution in [0.4, 0.5) is 30.2 Å². The van der Waals surface area contributed by atoms with E-state index in [4.69, 9.17) is 0 Å². The van der Waals surface area contributed by atoms with E-state index < -0.39 is 30.5 Å². The molecule has 0 radical (unpaired) electrons. The number of nitrogens with zero attached hydrogens (tertiary/aromatic N) is 2. The predicted octanol–water partition coefficient (Wildman–Crippen LogP) is 3.75. The SMILES string of the molecule is O=C1C[C@H](C(F)(F)F)N(C(=O)CN2CCCc3ccccc32)c2ccccc2N1. The molecular weight excluding hydrogens is 383 g/mol. The second-order valence-corrected chi connectivity index (χ2v) is 7.24. The average Bonchev–Trinajstić information content (AvgIpc) is 2.84. The van der Waals surface area contributed by atoms with Crippen molar-refractivity contribution in [1.29, 1.82) is 0 Å². The number of hydrogen-bond acceptors (Lipinski definition) is 3. The minimum absolute atomic E-state index is 0.0657. The van der Waals surface area contributed by atoms with Crippen LogP contribution in [-0.2, 0) is 16.0 Å². The van der Waals surface area contributed by atoms with Crippen LogP contribution >= 0.6 is 0 Å². The highest BCUT2D eigenvalue weighted by atomic mass is 19.4. The van der Waals surface area contributed by atoms with Crippen molar-refractivity contribution in [3.63, 3.8) is 0 Å². The van der Waals surface area contributed by atoms with E-state index in [1.807, 2.05) is 29.2 Å². The normalized spacial score (nSPS) is 19.1. The lowest BCUT2D eigenvalue weighted by atomic mass is 10.0. The molecule has 5 nitrogen and oxygen atoms in total. The lowest BCUT2D eigenvalue weighted by Crippen LogP contribution is -2.53. The molecule has 1 atom stereocenters. The first-order valence-electron chi connectivity index (χ1n) is 9.45. The van der Waals surface area contributed by atoms with Crippen LogP contribution in [-0.4, -0.2) is 37.1 Å². The molecule has 4 rings (SSSR count). The average molecular weight is 403 g/mol. The second kappa shape index (κ2) is 7.42. The Morgan fingerprint density at radius 3 is 2.52 bits per heavy atom. The van der Waals surface area contributed by atoms with Gasteiger partial charge < -0.3 is 10.2 Å². The number of carbonyl (C=O) groups is 2. The number of para-hydroxylation sites is 3. The van der Waals surface area contributed by atoms with Gasteiger partial charge in [0.25, 0.3) is 0 Å². The molecule has 2 aliphatic heterocycles. The molecule has 0 spiro atoms. The van der Waals surface area contributed by atoms with Gasteiger partial charge in [-0.15, -0.1) is 0 Å². The minimum atomic E-state index is -4.73. The van der Waals surface area contributed by atoms with Crippen molar-refractivity contribution in [3.8, 4) is 0 Å². The van der Waals surface area contributed by atoms with Crippen LogP contribution < -0.4 is 15.1 Å². The van der Waals surface area contributed by atoms with Crippen LogP contribution in [0.1, 0.15) is 18.4 Å². The van der Waals surface area contributed by atoms with E-state index in [0.29, 0.717) is 6.54 Å². The molecule has 152 valence electrons. The molecule has 0 saturated carbocycles. The molecule has 2 aliphatic rings. The Morgan fingerprint density at radius 2 is 1.76 bits per heavy atom. The number of rotatable bonds is 2. The summed E-state index contributed by atoms with van der Waals surface area (Å²) < 4.78 is 41.5. The van der Waals surface area contributed by atoms with Gasteiger partial charge in [0.05, 0.1) is 24.3 Å². The first-order chi connectivity index (χ1) is 13.8. The number of nitrogens with one attached hydrogen (secondary N) is 1. The van der Waals surface area contributed by atoms with Gasteiger partial charge in [-0.3, -0.25) is 14.5 Å². The van der Waals surface area contributed by atoms with Crippen molar-refractivity contribution >= 4 is 28.9 Å². The van der Waals surface area contributed by atoms with Gasteiger partial charge in [-0.1, -0.05) is 30.3 Å². The maximum atomic E-state index is 13.8. The molecule has 2 aromatic carbocycles. The van der Waals surface area contributed by atoms with E-state index in [-0.39, 0.29) is 17.9 Å². The molecule has 0 bridgehead atoms. The smallest absolute Gasteiger partial charge is 0.362 e. The van der Waals surface area contributed by atoms with Gasteiger partial charge in [-0.2, -0.15) is 13.2 Å². The van der Waals surface area contributed by atoms with Crippen LogP contribution in [0.5, 0.6) is 0 Å². The molecule has 0 unspecified atom stereocenters. The number of hydrogen-bond donors (Lipinski definition) is 1. The molecule has 1 N–H and O–H groups in total. The summed E-state index contributed by atoms with van der Waals surface area (Å²) in [5, 5.41) is 2.48. The topological polar surface area (TPSA) is 52.7 Å². The molecule has 2 heterocycles. The maximum absolute atomic E-state index is 13.8. The number of anilines is 3. The van der Waals surface area contributed by atoms with Gasteiger partial charge in [-0.25, -0.2) is 0 Å². The number of alkyl halides is 3. The summed E-state index contributed by atoms with van der Waals surface area (Å²) in [6, 6.07) is 11.5. The first-order valence-corrected chi connectivity index (χ1v) is 9.45. The van der Waals surface area contributed by atoms with Gasteiger partial charge >= 0.3 is 6.18 Å². The monoisotopic (exact) mass is 403 g/mol. The van der Waals surface area contributed by atoms with Crippen molar-refractivity contribution in [3.05, 3.63) is 54.1 Å². The van der Waals surface area contributed by atoms with Gasteiger partial charge in [0.15, 0.2) is 0 Å². The number of amides is 2. The summed E-state index contributed by atoms with van der Waals surface area (Å²) in [6.45, 7) is 0.401. The van der Waals surface area contributed by atoms with Gasteiger partial charge in [0.2, 0.25) is 11.8 Å². The lowest BCUT2D eigenvalue weighted by molar-refractivity contribution is -0.157. The largest absolute Gasteiger partial charge is 0.409 e. The number of aryl methyl sites for hydroxylation is 1. The highest BCUT2D eigenvalue weighted by Gasteiger charge is 2.49. The second-order valence-electron chi connectivity index (χ2n) is 7.24. The lowest BCUT2D eigenvalue weighted by Gasteiger charge is -2.36. The van der Waals surface area contributed by atoms with Crippen LogP contribution in [0.25, 0.3) is 0 Å². The van der Waals surface area contributed by atoms with Gasteiger partial charge in [0.1, 0.15) is 6.04 Å². The Hall–Kier alpha value is -3.03. The Morgan fingerprint density at radius 1 is 1.07 bits per heavy atom. The Balaban J connectivity index is 1.71. The van der Waals surface area contributed by atoms with E-state index in [0.717, 1.165) is 29.0 Å². The summed E-state index contributed by atoms with van der Waals surface area (Å²) in [4.78, 5) is 27.8. The van der Waals surface area contributed by atoms with E-state index in [1.54, 1.807) is 12.1 Å². The molecular formula is C21H20F3N3O2. The molecule has 0 aromatic heterocycles. The van der Waals surface area contributed by atoms with E-state index in [1.165, 1.54) is 12.1 Å². The third kappa shape index (κ3) is 3.79. The van der Waals surface area contributed by atoms with Crippen molar-refractivity contribution in [2.75, 3.05) is 28.2 Å². The van der Waals surface area contributed by atoms with Crippen LogP contribution in [0.3, 0.4) is 0 Å². The standard InChI is InChI=1S/C21H20F3N3O2/c22-21(23,24)18-12-19(28)25-15-8-2-4-10-17(15)27(18)20(29)13-26-11-5-7-14-6-1-3-9-16(14)26/h1-4,6,8-10,18H,5,7,11-13H2,(H,25,28)/t18-/m1/s1. The summed E-state index contributed by atoms with van der Waals surface area (Å²) in [5.74, 6) is -1.45. The zero-order valence-corrected chi connectivity index (χ0v) is 15.6. The van der Waals surface area contributed by atoms with Crippen molar-refractivity contribution < 1.29 is 22.8 Å². The van der Waals surface area contributed by atoms with Crippen LogP contribution in [0.15, 0.2) is 48.5 Å². The molecule has 0 fully saturated rings. The zero-order chi connectivity index (χ0) is 20.6. The van der Waals surface area contributed by atoms with Crippen molar-refractivity contribution in [2.24, 2.45) is 0 Å². The van der Waals surface area contributed by atoms with E-state index >= 15 is 0 Å². The van der Waals surface area contributed by atoms with E-state index in [2.05, 4.69) is 5.32 Å². The quantitative estimate of drug-likeness (QED) is 0.831. The molecule has 2 amide bonds. The Bertz CT molecular complexity index is 945. The molecule has 29 heavy (non-hydrogen) atoms. The molecule has 2 aromatic rings. The summed E-state index contributed by atoms with van der Waals surface area (Å²) in [6.07, 6.45) is -3.87. The number of benzene rings is 2. The predicted molar refractivity (Wildman–Crippen MR) is 104 cm³/mol. The van der Waals surface area contributed by atoms with E-state index in [9.17, 15) is 22.8 Å². The summed E-state index contributed by atoms with van der Waals surface area (Å²) in [5.41, 5.74) is 2.22. The summed E-state index contributed by atoms with van der Waals surface area (Å²) >= 11 is 0. The summed E-state index contributed by atoms with van der Waals surface area (Å²) in [7, 11) is 0. The maximum Gasteiger partial charge on any atom is 0.409 e. The third-order valence-electron chi connectivity index (χ3n) is 5.31. The number of fused-ring (bicyclic) bond motifs is 2. The highest BCUT2D eigenvalue weighted by Crippen LogP contribution is 2.38. The fourth-order valence-electron chi connectivity index (χ4n) is 4.01. The molecule has 8 heteroatoms. The van der Waals surface area contributed by atoms with Crippen molar-refractivity contribution in [2.45, 2.75) is 31.5 Å². The first kappa shape index (κ1) is 19.3. The van der Waals surface area contributed by atoms with Gasteiger partial charge in [0, 0.05) is 12.2 Å². The van der Waals surface area contributed by atoms with Crippen molar-refractivity contribution in [1.82, 2.24) is 0 Å². The molecule has 0 aliphatic carbocycles. The third-order valence-corrected chi connectivity index (χ3v) is 5.31.